The lowest BCUT2D eigenvalue weighted by Gasteiger charge is -2.40. The van der Waals surface area contributed by atoms with Gasteiger partial charge < -0.3 is 25.0 Å². The molecule has 2 N–H and O–H groups in total. The van der Waals surface area contributed by atoms with Gasteiger partial charge >= 0.3 is 0 Å². The monoisotopic (exact) mass is 541 g/mol. The standard InChI is InChI=1S/C31H39N7O2/c1-4-26-27(21-34-16-15-33-20-24-5-6-25(39-2)19-28(24)40-3)36-29(23-7-12-32-13-8-23)37-30(26)38-17-10-31(11-18-38)9-14-35-22-31/h4-8,12-13,19,21,33,35H,1,9-11,14-18,20,22H2,2-3H3. The summed E-state index contributed by atoms with van der Waals surface area (Å²) < 4.78 is 10.8. The Balaban J connectivity index is 1.30. The summed E-state index contributed by atoms with van der Waals surface area (Å²) in [4.78, 5) is 21.2. The number of aliphatic imine (C=N–C) groups is 1. The topological polar surface area (TPSA) is 96.8 Å². The number of methoxy groups -OCH3 is 2. The van der Waals surface area contributed by atoms with Crippen molar-refractivity contribution in [1.29, 1.82) is 0 Å². The predicted octanol–water partition coefficient (Wildman–Crippen LogP) is 3.99. The van der Waals surface area contributed by atoms with E-state index in [1.54, 1.807) is 26.6 Å². The maximum absolute atomic E-state index is 5.50. The van der Waals surface area contributed by atoms with Gasteiger partial charge in [-0.1, -0.05) is 18.7 Å². The highest BCUT2D eigenvalue weighted by atomic mass is 16.5. The molecule has 1 spiro atoms. The van der Waals surface area contributed by atoms with Crippen LogP contribution in [0.15, 0.2) is 54.3 Å². The molecule has 9 nitrogen and oxygen atoms in total. The highest BCUT2D eigenvalue weighted by molar-refractivity contribution is 5.87. The molecule has 0 radical (unpaired) electrons. The van der Waals surface area contributed by atoms with Gasteiger partial charge in [0.15, 0.2) is 5.82 Å². The van der Waals surface area contributed by atoms with E-state index >= 15 is 0 Å². The molecule has 2 aliphatic heterocycles. The smallest absolute Gasteiger partial charge is 0.162 e. The van der Waals surface area contributed by atoms with E-state index < -0.39 is 0 Å². The average molecular weight is 542 g/mol. The van der Waals surface area contributed by atoms with Crippen molar-refractivity contribution in [3.05, 3.63) is 66.1 Å². The van der Waals surface area contributed by atoms with E-state index in [1.807, 2.05) is 42.6 Å². The first-order chi connectivity index (χ1) is 19.6. The van der Waals surface area contributed by atoms with Crippen molar-refractivity contribution < 1.29 is 9.47 Å². The van der Waals surface area contributed by atoms with Crippen LogP contribution in [0.4, 0.5) is 5.82 Å². The van der Waals surface area contributed by atoms with Crippen LogP contribution in [-0.4, -0.2) is 74.7 Å². The molecular formula is C31H39N7O2. The number of anilines is 1. The first-order valence-corrected chi connectivity index (χ1v) is 14.0. The average Bonchev–Trinajstić information content (AvgIpc) is 3.46. The molecule has 4 heterocycles. The fourth-order valence-electron chi connectivity index (χ4n) is 5.57. The largest absolute Gasteiger partial charge is 0.497 e. The fourth-order valence-corrected chi connectivity index (χ4v) is 5.57. The van der Waals surface area contributed by atoms with E-state index in [-0.39, 0.29) is 0 Å². The summed E-state index contributed by atoms with van der Waals surface area (Å²) in [5.74, 6) is 3.19. The van der Waals surface area contributed by atoms with Crippen molar-refractivity contribution >= 4 is 18.1 Å². The molecule has 1 aromatic carbocycles. The van der Waals surface area contributed by atoms with E-state index in [2.05, 4.69) is 27.1 Å². The highest BCUT2D eigenvalue weighted by Gasteiger charge is 2.37. The minimum atomic E-state index is 0.429. The number of nitrogens with one attached hydrogen (secondary N) is 2. The third kappa shape index (κ3) is 6.32. The highest BCUT2D eigenvalue weighted by Crippen LogP contribution is 2.39. The Labute approximate surface area is 236 Å². The lowest BCUT2D eigenvalue weighted by atomic mass is 9.78. The second-order valence-electron chi connectivity index (χ2n) is 10.4. The molecule has 9 heteroatoms. The summed E-state index contributed by atoms with van der Waals surface area (Å²) >= 11 is 0. The summed E-state index contributed by atoms with van der Waals surface area (Å²) in [6, 6.07) is 9.74. The normalized spacial score (nSPS) is 16.5. The van der Waals surface area contributed by atoms with Crippen LogP contribution in [0.1, 0.15) is 36.1 Å². The number of aromatic nitrogens is 3. The number of hydrogen-bond donors (Lipinski definition) is 2. The van der Waals surface area contributed by atoms with Gasteiger partial charge in [0.2, 0.25) is 0 Å². The van der Waals surface area contributed by atoms with Crippen molar-refractivity contribution in [2.24, 2.45) is 10.4 Å². The van der Waals surface area contributed by atoms with Crippen molar-refractivity contribution in [2.75, 3.05) is 58.4 Å². The van der Waals surface area contributed by atoms with Gasteiger partial charge in [0.25, 0.3) is 0 Å². The van der Waals surface area contributed by atoms with E-state index in [1.165, 1.54) is 19.3 Å². The zero-order chi connectivity index (χ0) is 27.8. The second kappa shape index (κ2) is 13.0. The van der Waals surface area contributed by atoms with Crippen LogP contribution < -0.4 is 25.0 Å². The molecule has 2 fully saturated rings. The number of nitrogens with zero attached hydrogens (tertiary/aromatic N) is 5. The van der Waals surface area contributed by atoms with Crippen LogP contribution in [0.25, 0.3) is 17.5 Å². The minimum Gasteiger partial charge on any atom is -0.497 e. The second-order valence-corrected chi connectivity index (χ2v) is 10.4. The first-order valence-electron chi connectivity index (χ1n) is 14.0. The number of hydrogen-bond acceptors (Lipinski definition) is 9. The third-order valence-corrected chi connectivity index (χ3v) is 7.99. The Morgan fingerprint density at radius 2 is 1.93 bits per heavy atom. The summed E-state index contributed by atoms with van der Waals surface area (Å²) in [6.07, 6.45) is 10.9. The van der Waals surface area contributed by atoms with Gasteiger partial charge in [0.05, 0.1) is 26.5 Å². The molecule has 5 rings (SSSR count). The Morgan fingerprint density at radius 3 is 2.62 bits per heavy atom. The maximum Gasteiger partial charge on any atom is 0.162 e. The number of ether oxygens (including phenoxy) is 2. The molecule has 0 aliphatic carbocycles. The summed E-state index contributed by atoms with van der Waals surface area (Å²) in [7, 11) is 3.32. The summed E-state index contributed by atoms with van der Waals surface area (Å²) in [5.41, 5.74) is 4.15. The van der Waals surface area contributed by atoms with Crippen molar-refractivity contribution in [2.45, 2.75) is 25.8 Å². The zero-order valence-corrected chi connectivity index (χ0v) is 23.5. The maximum atomic E-state index is 5.50. The predicted molar refractivity (Wildman–Crippen MR) is 160 cm³/mol. The van der Waals surface area contributed by atoms with E-state index in [0.29, 0.717) is 30.9 Å². The van der Waals surface area contributed by atoms with Crippen LogP contribution in [0.5, 0.6) is 11.5 Å². The van der Waals surface area contributed by atoms with Crippen LogP contribution in [0, 0.1) is 5.41 Å². The van der Waals surface area contributed by atoms with Crippen molar-refractivity contribution in [3.63, 3.8) is 0 Å². The van der Waals surface area contributed by atoms with Crippen molar-refractivity contribution in [1.82, 2.24) is 25.6 Å². The van der Waals surface area contributed by atoms with E-state index in [0.717, 1.165) is 65.9 Å². The third-order valence-electron chi connectivity index (χ3n) is 7.99. The molecule has 2 aliphatic rings. The van der Waals surface area contributed by atoms with Crippen LogP contribution >= 0.6 is 0 Å². The van der Waals surface area contributed by atoms with Gasteiger partial charge in [0, 0.05) is 74.1 Å². The Morgan fingerprint density at radius 1 is 1.10 bits per heavy atom. The summed E-state index contributed by atoms with van der Waals surface area (Å²) in [5, 5.41) is 7.00. The SMILES string of the molecule is C=Cc1c(C=NCCNCc2ccc(OC)cc2OC)nc(-c2ccncc2)nc1N1CCC2(CCNC2)CC1. The summed E-state index contributed by atoms with van der Waals surface area (Å²) in [6.45, 7) is 10.3. The van der Waals surface area contributed by atoms with Crippen LogP contribution in [0.3, 0.4) is 0 Å². The molecule has 3 aromatic rings. The molecule has 0 amide bonds. The molecule has 0 atom stereocenters. The van der Waals surface area contributed by atoms with Gasteiger partial charge in [-0.2, -0.15) is 0 Å². The molecule has 40 heavy (non-hydrogen) atoms. The molecule has 0 bridgehead atoms. The first kappa shape index (κ1) is 27.7. The lowest BCUT2D eigenvalue weighted by Crippen LogP contribution is -2.42. The molecule has 0 saturated carbocycles. The van der Waals surface area contributed by atoms with E-state index in [9.17, 15) is 0 Å². The number of piperidine rings is 1. The Kier molecular flexibility index (Phi) is 9.03. The Hall–Kier alpha value is -3.82. The van der Waals surface area contributed by atoms with Gasteiger partial charge in [-0.25, -0.2) is 9.97 Å². The quantitative estimate of drug-likeness (QED) is 0.278. The van der Waals surface area contributed by atoms with Crippen LogP contribution in [-0.2, 0) is 6.54 Å². The Bertz CT molecular complexity index is 1310. The number of pyridine rings is 1. The minimum absolute atomic E-state index is 0.429. The number of benzene rings is 1. The lowest BCUT2D eigenvalue weighted by molar-refractivity contribution is 0.247. The van der Waals surface area contributed by atoms with E-state index in [4.69, 9.17) is 24.4 Å². The molecule has 0 unspecified atom stereocenters. The molecular weight excluding hydrogens is 502 g/mol. The molecule has 2 saturated heterocycles. The van der Waals surface area contributed by atoms with Gasteiger partial charge in [-0.05, 0) is 49.4 Å². The fraction of sp³-hybridized carbons (Fsp3) is 0.419. The molecule has 2 aromatic heterocycles. The molecule has 210 valence electrons. The van der Waals surface area contributed by atoms with Crippen molar-refractivity contribution in [3.8, 4) is 22.9 Å². The van der Waals surface area contributed by atoms with Gasteiger partial charge in [0.1, 0.15) is 17.3 Å². The van der Waals surface area contributed by atoms with Gasteiger partial charge in [-0.3, -0.25) is 9.98 Å². The zero-order valence-electron chi connectivity index (χ0n) is 23.5. The number of rotatable bonds is 11. The van der Waals surface area contributed by atoms with Crippen LogP contribution in [0.2, 0.25) is 0 Å². The van der Waals surface area contributed by atoms with Gasteiger partial charge in [-0.15, -0.1) is 0 Å².